The fourth-order valence-corrected chi connectivity index (χ4v) is 5.14. The second kappa shape index (κ2) is 8.89. The van der Waals surface area contributed by atoms with E-state index in [-0.39, 0.29) is 10.6 Å². The summed E-state index contributed by atoms with van der Waals surface area (Å²) in [5.74, 6) is 0.990. The van der Waals surface area contributed by atoms with E-state index in [9.17, 15) is 10.1 Å². The number of benzene rings is 2. The first-order valence-corrected chi connectivity index (χ1v) is 11.1. The molecule has 0 N–H and O–H groups in total. The van der Waals surface area contributed by atoms with Crippen LogP contribution in [0.15, 0.2) is 45.7 Å². The third kappa shape index (κ3) is 4.58. The summed E-state index contributed by atoms with van der Waals surface area (Å²) >= 11 is 3.38. The van der Waals surface area contributed by atoms with Crippen LogP contribution in [0.2, 0.25) is 0 Å². The molecule has 0 unspecified atom stereocenters. The van der Waals surface area contributed by atoms with Crippen molar-refractivity contribution in [3.8, 4) is 0 Å². The van der Waals surface area contributed by atoms with Gasteiger partial charge in [-0.05, 0) is 35.6 Å². The summed E-state index contributed by atoms with van der Waals surface area (Å²) in [7, 11) is 0. The summed E-state index contributed by atoms with van der Waals surface area (Å²) in [6.07, 6.45) is 1.67. The van der Waals surface area contributed by atoms with Gasteiger partial charge < -0.3 is 9.64 Å². The average Bonchev–Trinajstić information content (AvgIpc) is 3.14. The standard InChI is InChI=1S/C20H20N4O3S2/c1-2-28-20-22-16-5-4-15(12-19(16)29-20)21-13-14-3-6-17(18(11-14)24(25)26)23-7-9-27-10-8-23/h3-6,11-13H,2,7-10H2,1H3. The Kier molecular flexibility index (Phi) is 6.08. The van der Waals surface area contributed by atoms with Crippen molar-refractivity contribution < 1.29 is 9.66 Å². The van der Waals surface area contributed by atoms with Gasteiger partial charge in [0, 0.05) is 25.4 Å². The van der Waals surface area contributed by atoms with Crippen LogP contribution in [0, 0.1) is 10.1 Å². The maximum absolute atomic E-state index is 11.6. The number of ether oxygens (including phenoxy) is 1. The molecule has 0 saturated carbocycles. The van der Waals surface area contributed by atoms with Crippen LogP contribution in [0.5, 0.6) is 0 Å². The second-order valence-corrected chi connectivity index (χ2v) is 8.97. The summed E-state index contributed by atoms with van der Waals surface area (Å²) in [5.41, 5.74) is 3.18. The zero-order chi connectivity index (χ0) is 20.2. The minimum absolute atomic E-state index is 0.0926. The van der Waals surface area contributed by atoms with Crippen LogP contribution in [0.4, 0.5) is 17.1 Å². The molecular weight excluding hydrogens is 408 g/mol. The molecule has 1 aliphatic heterocycles. The van der Waals surface area contributed by atoms with Crippen molar-refractivity contribution in [1.29, 1.82) is 0 Å². The Morgan fingerprint density at radius 1 is 1.31 bits per heavy atom. The quantitative estimate of drug-likeness (QED) is 0.240. The summed E-state index contributed by atoms with van der Waals surface area (Å²) in [6.45, 7) is 4.58. The van der Waals surface area contributed by atoms with E-state index in [0.717, 1.165) is 26.0 Å². The number of hydrogen-bond donors (Lipinski definition) is 0. The number of aliphatic imine (C=N–C) groups is 1. The van der Waals surface area contributed by atoms with Crippen molar-refractivity contribution in [2.45, 2.75) is 11.3 Å². The zero-order valence-electron chi connectivity index (χ0n) is 15.9. The zero-order valence-corrected chi connectivity index (χ0v) is 17.5. The first kappa shape index (κ1) is 19.8. The van der Waals surface area contributed by atoms with Crippen molar-refractivity contribution in [3.05, 3.63) is 52.1 Å². The van der Waals surface area contributed by atoms with Crippen LogP contribution in [-0.4, -0.2) is 48.2 Å². The molecule has 0 spiro atoms. The van der Waals surface area contributed by atoms with Crippen LogP contribution in [0.1, 0.15) is 12.5 Å². The van der Waals surface area contributed by atoms with Gasteiger partial charge in [-0.1, -0.05) is 24.8 Å². The smallest absolute Gasteiger partial charge is 0.293 e. The number of aromatic nitrogens is 1. The monoisotopic (exact) mass is 428 g/mol. The predicted octanol–water partition coefficient (Wildman–Crippen LogP) is 4.90. The van der Waals surface area contributed by atoms with Crippen molar-refractivity contribution >= 4 is 56.6 Å². The number of hydrogen-bond acceptors (Lipinski definition) is 8. The molecular formula is C20H20N4O3S2. The number of anilines is 1. The molecule has 1 aromatic heterocycles. The minimum atomic E-state index is -0.335. The van der Waals surface area contributed by atoms with Gasteiger partial charge in [0.15, 0.2) is 4.34 Å². The third-order valence-corrected chi connectivity index (χ3v) is 6.57. The molecule has 3 aromatic rings. The second-order valence-electron chi connectivity index (χ2n) is 6.43. The topological polar surface area (TPSA) is 80.9 Å². The SMILES string of the molecule is CCSc1nc2ccc(N=Cc3ccc(N4CCOCC4)c([N+](=O)[O-])c3)cc2s1. The van der Waals surface area contributed by atoms with Crippen molar-refractivity contribution in [2.24, 2.45) is 4.99 Å². The fraction of sp³-hybridized carbons (Fsp3) is 0.300. The number of nitro groups is 1. The molecule has 1 saturated heterocycles. The number of morpholine rings is 1. The lowest BCUT2D eigenvalue weighted by Gasteiger charge is -2.28. The molecule has 0 aliphatic carbocycles. The van der Waals surface area contributed by atoms with Gasteiger partial charge in [0.25, 0.3) is 5.69 Å². The minimum Gasteiger partial charge on any atom is -0.378 e. The predicted molar refractivity (Wildman–Crippen MR) is 119 cm³/mol. The summed E-state index contributed by atoms with van der Waals surface area (Å²) in [4.78, 5) is 22.3. The highest BCUT2D eigenvalue weighted by Gasteiger charge is 2.21. The molecule has 0 bridgehead atoms. The number of thiazole rings is 1. The van der Waals surface area contributed by atoms with E-state index in [1.807, 2.05) is 29.2 Å². The number of fused-ring (bicyclic) bond motifs is 1. The van der Waals surface area contributed by atoms with Gasteiger partial charge in [0.05, 0.1) is 34.0 Å². The highest BCUT2D eigenvalue weighted by molar-refractivity contribution is 8.01. The Bertz CT molecular complexity index is 1060. The van der Waals surface area contributed by atoms with Gasteiger partial charge in [-0.15, -0.1) is 11.3 Å². The Morgan fingerprint density at radius 2 is 2.14 bits per heavy atom. The molecule has 7 nitrogen and oxygen atoms in total. The van der Waals surface area contributed by atoms with E-state index in [1.165, 1.54) is 0 Å². The fourth-order valence-electron chi connectivity index (χ4n) is 3.15. The van der Waals surface area contributed by atoms with Gasteiger partial charge in [-0.2, -0.15) is 0 Å². The first-order valence-electron chi connectivity index (χ1n) is 9.32. The maximum atomic E-state index is 11.6. The van der Waals surface area contributed by atoms with E-state index in [1.54, 1.807) is 41.4 Å². The molecule has 150 valence electrons. The van der Waals surface area contributed by atoms with Crippen LogP contribution in [0.25, 0.3) is 10.2 Å². The summed E-state index contributed by atoms with van der Waals surface area (Å²) in [5, 5.41) is 11.6. The molecule has 29 heavy (non-hydrogen) atoms. The Labute approximate surface area is 176 Å². The normalized spacial score (nSPS) is 14.7. The lowest BCUT2D eigenvalue weighted by atomic mass is 10.1. The average molecular weight is 429 g/mol. The molecule has 0 amide bonds. The van der Waals surface area contributed by atoms with E-state index >= 15 is 0 Å². The third-order valence-electron chi connectivity index (χ3n) is 4.53. The van der Waals surface area contributed by atoms with Gasteiger partial charge in [0.1, 0.15) is 5.69 Å². The highest BCUT2D eigenvalue weighted by Crippen LogP contribution is 2.32. The van der Waals surface area contributed by atoms with Crippen molar-refractivity contribution in [1.82, 2.24) is 4.98 Å². The number of nitro benzene ring substituents is 1. The van der Waals surface area contributed by atoms with E-state index in [0.29, 0.717) is 37.6 Å². The molecule has 2 heterocycles. The summed E-state index contributed by atoms with van der Waals surface area (Å²) in [6, 6.07) is 11.1. The van der Waals surface area contributed by atoms with Crippen molar-refractivity contribution in [2.75, 3.05) is 37.0 Å². The number of rotatable bonds is 6. The Morgan fingerprint density at radius 3 is 2.90 bits per heavy atom. The molecule has 1 aliphatic rings. The van der Waals surface area contributed by atoms with Crippen LogP contribution >= 0.6 is 23.1 Å². The van der Waals surface area contributed by atoms with E-state index < -0.39 is 0 Å². The molecule has 0 radical (unpaired) electrons. The van der Waals surface area contributed by atoms with Gasteiger partial charge in [-0.3, -0.25) is 15.1 Å². The molecule has 9 heteroatoms. The van der Waals surface area contributed by atoms with Gasteiger partial charge in [0.2, 0.25) is 0 Å². The molecule has 2 aromatic carbocycles. The van der Waals surface area contributed by atoms with Gasteiger partial charge in [-0.25, -0.2) is 4.98 Å². The highest BCUT2D eigenvalue weighted by atomic mass is 32.2. The Balaban J connectivity index is 1.58. The molecule has 1 fully saturated rings. The van der Waals surface area contributed by atoms with Crippen LogP contribution in [0.3, 0.4) is 0 Å². The van der Waals surface area contributed by atoms with Crippen LogP contribution in [-0.2, 0) is 4.74 Å². The van der Waals surface area contributed by atoms with Crippen molar-refractivity contribution in [3.63, 3.8) is 0 Å². The molecule has 4 rings (SSSR count). The number of thioether (sulfide) groups is 1. The van der Waals surface area contributed by atoms with E-state index in [4.69, 9.17) is 4.74 Å². The summed E-state index contributed by atoms with van der Waals surface area (Å²) < 4.78 is 7.48. The first-order chi connectivity index (χ1) is 14.1. The van der Waals surface area contributed by atoms with Crippen LogP contribution < -0.4 is 4.90 Å². The largest absolute Gasteiger partial charge is 0.378 e. The molecule has 0 atom stereocenters. The van der Waals surface area contributed by atoms with Gasteiger partial charge >= 0.3 is 0 Å². The lowest BCUT2D eigenvalue weighted by Crippen LogP contribution is -2.36. The lowest BCUT2D eigenvalue weighted by molar-refractivity contribution is -0.384. The van der Waals surface area contributed by atoms with E-state index in [2.05, 4.69) is 16.9 Å². The Hall–Kier alpha value is -2.49. The maximum Gasteiger partial charge on any atom is 0.293 e. The number of nitrogens with zero attached hydrogens (tertiary/aromatic N) is 4.